The molecule has 3 N–H and O–H groups in total. The van der Waals surface area contributed by atoms with Crippen LogP contribution in [0.3, 0.4) is 0 Å². The lowest BCUT2D eigenvalue weighted by molar-refractivity contribution is -0.156. The molecule has 1 saturated carbocycles. The van der Waals surface area contributed by atoms with Gasteiger partial charge in [-0.3, -0.25) is 9.59 Å². The number of piperidine rings is 1. The van der Waals surface area contributed by atoms with Crippen molar-refractivity contribution in [2.45, 2.75) is 38.2 Å². The fourth-order valence-corrected chi connectivity index (χ4v) is 2.46. The van der Waals surface area contributed by atoms with Crippen molar-refractivity contribution in [3.63, 3.8) is 0 Å². The quantitative estimate of drug-likeness (QED) is 0.639. The Hall–Kier alpha value is -1.63. The molecule has 2 amide bonds. The number of aliphatic carboxylic acids is 1. The Labute approximate surface area is 123 Å². The van der Waals surface area contributed by atoms with Gasteiger partial charge in [0.2, 0.25) is 11.8 Å². The Morgan fingerprint density at radius 1 is 1.24 bits per heavy atom. The first kappa shape index (κ1) is 15.8. The van der Waals surface area contributed by atoms with E-state index in [1.54, 1.807) is 4.90 Å². The minimum atomic E-state index is -1.98. The molecule has 2 aliphatic rings. The number of carbonyl (C=O) groups excluding carboxylic acids is 2. The molecule has 1 aliphatic carbocycles. The van der Waals surface area contributed by atoms with E-state index in [4.69, 9.17) is 5.11 Å². The van der Waals surface area contributed by atoms with E-state index in [0.29, 0.717) is 19.5 Å². The van der Waals surface area contributed by atoms with Crippen LogP contribution in [0.25, 0.3) is 0 Å². The number of likely N-dealkylation sites (tertiary alicyclic amines) is 1. The minimum Gasteiger partial charge on any atom is -0.479 e. The lowest BCUT2D eigenvalue weighted by Crippen LogP contribution is -2.50. The van der Waals surface area contributed by atoms with Crippen LogP contribution in [0.4, 0.5) is 0 Å². The summed E-state index contributed by atoms with van der Waals surface area (Å²) in [5.74, 6) is -1.74. The molecule has 2 unspecified atom stereocenters. The highest BCUT2D eigenvalue weighted by atomic mass is 16.4. The van der Waals surface area contributed by atoms with Crippen LogP contribution in [-0.2, 0) is 14.4 Å². The van der Waals surface area contributed by atoms with Crippen molar-refractivity contribution in [1.29, 1.82) is 0 Å². The molecule has 0 aromatic heterocycles. The van der Waals surface area contributed by atoms with Crippen LogP contribution in [-0.4, -0.2) is 58.1 Å². The summed E-state index contributed by atoms with van der Waals surface area (Å²) in [5, 5.41) is 20.8. The first-order chi connectivity index (χ1) is 9.81. The zero-order valence-corrected chi connectivity index (χ0v) is 12.2. The van der Waals surface area contributed by atoms with Gasteiger partial charge in [-0.15, -0.1) is 0 Å². The molecule has 21 heavy (non-hydrogen) atoms. The Kier molecular flexibility index (Phi) is 4.51. The smallest absolute Gasteiger partial charge is 0.337 e. The third-order valence-electron chi connectivity index (χ3n) is 4.10. The summed E-state index contributed by atoms with van der Waals surface area (Å²) in [7, 11) is 0. The Bertz CT molecular complexity index is 445. The lowest BCUT2D eigenvalue weighted by atomic mass is 9.96. The molecule has 0 bridgehead atoms. The number of carbonyl (C=O) groups is 3. The first-order valence-electron chi connectivity index (χ1n) is 7.33. The highest BCUT2D eigenvalue weighted by Crippen LogP contribution is 2.32. The average Bonchev–Trinajstić information content (AvgIpc) is 3.28. The second-order valence-corrected chi connectivity index (χ2v) is 6.19. The number of carboxylic acids is 1. The van der Waals surface area contributed by atoms with Gasteiger partial charge in [-0.1, -0.05) is 0 Å². The van der Waals surface area contributed by atoms with Gasteiger partial charge in [0, 0.05) is 19.0 Å². The van der Waals surface area contributed by atoms with Crippen LogP contribution in [0.2, 0.25) is 0 Å². The van der Waals surface area contributed by atoms with Gasteiger partial charge in [0.25, 0.3) is 0 Å². The SMILES string of the molecule is CC(O)(CNC(=O)C1CCCN(C(=O)C2CC2)C1)C(=O)O. The van der Waals surface area contributed by atoms with Crippen LogP contribution in [0.15, 0.2) is 0 Å². The largest absolute Gasteiger partial charge is 0.479 e. The van der Waals surface area contributed by atoms with Crippen molar-refractivity contribution in [3.8, 4) is 0 Å². The molecule has 1 aliphatic heterocycles. The summed E-state index contributed by atoms with van der Waals surface area (Å²) in [4.78, 5) is 36.6. The number of nitrogens with zero attached hydrogens (tertiary/aromatic N) is 1. The molecule has 0 aromatic carbocycles. The molecule has 0 spiro atoms. The predicted molar refractivity (Wildman–Crippen MR) is 73.3 cm³/mol. The van der Waals surface area contributed by atoms with Crippen molar-refractivity contribution in [3.05, 3.63) is 0 Å². The van der Waals surface area contributed by atoms with E-state index in [2.05, 4.69) is 5.32 Å². The monoisotopic (exact) mass is 298 g/mol. The van der Waals surface area contributed by atoms with Crippen molar-refractivity contribution >= 4 is 17.8 Å². The summed E-state index contributed by atoms with van der Waals surface area (Å²) in [6, 6.07) is 0. The Morgan fingerprint density at radius 2 is 1.90 bits per heavy atom. The number of hydrogen-bond acceptors (Lipinski definition) is 4. The average molecular weight is 298 g/mol. The summed E-state index contributed by atoms with van der Waals surface area (Å²) < 4.78 is 0. The molecule has 0 radical (unpaired) electrons. The molecular formula is C14H22N2O5. The second kappa shape index (κ2) is 6.01. The lowest BCUT2D eigenvalue weighted by Gasteiger charge is -2.32. The molecule has 2 rings (SSSR count). The van der Waals surface area contributed by atoms with E-state index >= 15 is 0 Å². The summed E-state index contributed by atoms with van der Waals surface area (Å²) >= 11 is 0. The fourth-order valence-electron chi connectivity index (χ4n) is 2.46. The number of aliphatic hydroxyl groups is 1. The molecular weight excluding hydrogens is 276 g/mol. The van der Waals surface area contributed by atoms with Crippen molar-refractivity contribution in [2.24, 2.45) is 11.8 Å². The zero-order valence-electron chi connectivity index (χ0n) is 12.2. The molecule has 7 heteroatoms. The van der Waals surface area contributed by atoms with Crippen LogP contribution in [0, 0.1) is 11.8 Å². The van der Waals surface area contributed by atoms with Gasteiger partial charge in [0.1, 0.15) is 0 Å². The molecule has 118 valence electrons. The molecule has 1 saturated heterocycles. The third kappa shape index (κ3) is 3.93. The third-order valence-corrected chi connectivity index (χ3v) is 4.10. The Balaban J connectivity index is 1.84. The normalized spacial score (nSPS) is 25.0. The van der Waals surface area contributed by atoms with Crippen LogP contribution in [0.5, 0.6) is 0 Å². The van der Waals surface area contributed by atoms with Gasteiger partial charge >= 0.3 is 5.97 Å². The van der Waals surface area contributed by atoms with Crippen molar-refractivity contribution in [1.82, 2.24) is 10.2 Å². The van der Waals surface area contributed by atoms with Crippen LogP contribution >= 0.6 is 0 Å². The van der Waals surface area contributed by atoms with E-state index in [1.807, 2.05) is 0 Å². The maximum atomic E-state index is 12.1. The van der Waals surface area contributed by atoms with Gasteiger partial charge < -0.3 is 20.4 Å². The van der Waals surface area contributed by atoms with Crippen LogP contribution in [0.1, 0.15) is 32.6 Å². The van der Waals surface area contributed by atoms with Crippen molar-refractivity contribution in [2.75, 3.05) is 19.6 Å². The van der Waals surface area contributed by atoms with Gasteiger partial charge in [-0.25, -0.2) is 4.79 Å². The van der Waals surface area contributed by atoms with Crippen molar-refractivity contribution < 1.29 is 24.6 Å². The van der Waals surface area contributed by atoms with Gasteiger partial charge in [-0.05, 0) is 32.6 Å². The minimum absolute atomic E-state index is 0.130. The summed E-state index contributed by atoms with van der Waals surface area (Å²) in [5.41, 5.74) is -1.98. The summed E-state index contributed by atoms with van der Waals surface area (Å²) in [6.07, 6.45) is 3.32. The highest BCUT2D eigenvalue weighted by Gasteiger charge is 2.37. The molecule has 2 fully saturated rings. The fraction of sp³-hybridized carbons (Fsp3) is 0.786. The van der Waals surface area contributed by atoms with Gasteiger partial charge in [0.05, 0.1) is 12.5 Å². The van der Waals surface area contributed by atoms with E-state index < -0.39 is 11.6 Å². The molecule has 2 atom stereocenters. The maximum Gasteiger partial charge on any atom is 0.337 e. The molecule has 7 nitrogen and oxygen atoms in total. The summed E-state index contributed by atoms with van der Waals surface area (Å²) in [6.45, 7) is 1.87. The van der Waals surface area contributed by atoms with E-state index in [0.717, 1.165) is 26.2 Å². The van der Waals surface area contributed by atoms with E-state index in [1.165, 1.54) is 0 Å². The van der Waals surface area contributed by atoms with E-state index in [-0.39, 0.29) is 30.2 Å². The zero-order chi connectivity index (χ0) is 15.6. The standard InChI is InChI=1S/C14H22N2O5/c1-14(21,13(19)20)8-15-11(17)10-3-2-6-16(7-10)12(18)9-4-5-9/h9-10,21H,2-8H2,1H3,(H,15,17)(H,19,20). The molecule has 0 aromatic rings. The number of nitrogens with one attached hydrogen (secondary N) is 1. The topological polar surface area (TPSA) is 107 Å². The predicted octanol–water partition coefficient (Wildman–Crippen LogP) is -0.413. The number of hydrogen-bond donors (Lipinski definition) is 3. The van der Waals surface area contributed by atoms with E-state index in [9.17, 15) is 19.5 Å². The number of rotatable bonds is 5. The van der Waals surface area contributed by atoms with Crippen LogP contribution < -0.4 is 5.32 Å². The van der Waals surface area contributed by atoms with Gasteiger partial charge in [0.15, 0.2) is 5.60 Å². The number of carboxylic acid groups (broad SMARTS) is 1. The Morgan fingerprint density at radius 3 is 2.48 bits per heavy atom. The van der Waals surface area contributed by atoms with Gasteiger partial charge in [-0.2, -0.15) is 0 Å². The highest BCUT2D eigenvalue weighted by molar-refractivity contribution is 5.84. The maximum absolute atomic E-state index is 12.1. The second-order valence-electron chi connectivity index (χ2n) is 6.19. The first-order valence-corrected chi connectivity index (χ1v) is 7.33. The molecule has 1 heterocycles. The number of amides is 2.